The lowest BCUT2D eigenvalue weighted by molar-refractivity contribution is 0.0789. The van der Waals surface area contributed by atoms with Gasteiger partial charge in [-0.25, -0.2) is 13.1 Å². The van der Waals surface area contributed by atoms with Crippen molar-refractivity contribution in [1.82, 2.24) is 9.62 Å². The van der Waals surface area contributed by atoms with Gasteiger partial charge in [0.05, 0.1) is 10.5 Å². The van der Waals surface area contributed by atoms with Crippen molar-refractivity contribution in [2.24, 2.45) is 5.92 Å². The van der Waals surface area contributed by atoms with Crippen LogP contribution in [0.5, 0.6) is 0 Å². The maximum absolute atomic E-state index is 12.7. The fourth-order valence-corrected chi connectivity index (χ4v) is 4.28. The van der Waals surface area contributed by atoms with Crippen molar-refractivity contribution in [1.29, 1.82) is 0 Å². The zero-order valence-corrected chi connectivity index (χ0v) is 15.5. The van der Waals surface area contributed by atoms with E-state index in [0.717, 1.165) is 30.8 Å². The highest BCUT2D eigenvalue weighted by Gasteiger charge is 2.24. The first kappa shape index (κ1) is 18.3. The molecule has 1 aromatic rings. The standard InChI is InChI=1S/C16H24N2O3S2/c1-12(2)11-17-23(20,21)13-6-7-15(22-3)14(10-13)16(19)18-8-4-5-9-18/h6-7,10,12,17H,4-5,8-9,11H2,1-3H3. The van der Waals surface area contributed by atoms with E-state index in [4.69, 9.17) is 0 Å². The van der Waals surface area contributed by atoms with Gasteiger partial charge in [-0.3, -0.25) is 4.79 Å². The second kappa shape index (κ2) is 7.68. The second-order valence-corrected chi connectivity index (χ2v) is 8.72. The van der Waals surface area contributed by atoms with Crippen LogP contribution in [0.1, 0.15) is 37.0 Å². The normalized spacial score (nSPS) is 15.4. The van der Waals surface area contributed by atoms with Crippen LogP contribution in [0.15, 0.2) is 28.0 Å². The largest absolute Gasteiger partial charge is 0.339 e. The van der Waals surface area contributed by atoms with Crippen LogP contribution in [0.3, 0.4) is 0 Å². The van der Waals surface area contributed by atoms with Crippen molar-refractivity contribution in [2.75, 3.05) is 25.9 Å². The number of hydrogen-bond donors (Lipinski definition) is 1. The molecule has 1 aromatic carbocycles. The smallest absolute Gasteiger partial charge is 0.255 e. The first-order valence-electron chi connectivity index (χ1n) is 7.82. The van der Waals surface area contributed by atoms with Crippen LogP contribution in [0.25, 0.3) is 0 Å². The molecule has 2 rings (SSSR count). The van der Waals surface area contributed by atoms with Crippen molar-refractivity contribution < 1.29 is 13.2 Å². The molecule has 0 radical (unpaired) electrons. The fraction of sp³-hybridized carbons (Fsp3) is 0.562. The Morgan fingerprint density at radius 1 is 1.30 bits per heavy atom. The SMILES string of the molecule is CSc1ccc(S(=O)(=O)NCC(C)C)cc1C(=O)N1CCCC1. The van der Waals surface area contributed by atoms with Gasteiger partial charge in [0.25, 0.3) is 5.91 Å². The minimum Gasteiger partial charge on any atom is -0.339 e. The Labute approximate surface area is 142 Å². The van der Waals surface area contributed by atoms with Gasteiger partial charge >= 0.3 is 0 Å². The van der Waals surface area contributed by atoms with E-state index < -0.39 is 10.0 Å². The maximum Gasteiger partial charge on any atom is 0.255 e. The Morgan fingerprint density at radius 2 is 1.96 bits per heavy atom. The average molecular weight is 357 g/mol. The van der Waals surface area contributed by atoms with Crippen molar-refractivity contribution in [2.45, 2.75) is 36.5 Å². The molecule has 0 aliphatic carbocycles. The van der Waals surface area contributed by atoms with Crippen molar-refractivity contribution in [3.05, 3.63) is 23.8 Å². The predicted molar refractivity (Wildman–Crippen MR) is 93.4 cm³/mol. The minimum absolute atomic E-state index is 0.0761. The van der Waals surface area contributed by atoms with Gasteiger partial charge in [-0.2, -0.15) is 0 Å². The van der Waals surface area contributed by atoms with E-state index in [1.165, 1.54) is 17.8 Å². The molecule has 0 atom stereocenters. The highest BCUT2D eigenvalue weighted by atomic mass is 32.2. The summed E-state index contributed by atoms with van der Waals surface area (Å²) in [4.78, 5) is 15.4. The Bertz CT molecular complexity index is 666. The van der Waals surface area contributed by atoms with E-state index >= 15 is 0 Å². The highest BCUT2D eigenvalue weighted by molar-refractivity contribution is 7.98. The Hall–Kier alpha value is -1.05. The summed E-state index contributed by atoms with van der Waals surface area (Å²) < 4.78 is 27.4. The summed E-state index contributed by atoms with van der Waals surface area (Å²) >= 11 is 1.46. The van der Waals surface area contributed by atoms with Gasteiger partial charge in [0.15, 0.2) is 0 Å². The Kier molecular flexibility index (Phi) is 6.11. The molecule has 1 fully saturated rings. The van der Waals surface area contributed by atoms with E-state index in [0.29, 0.717) is 12.1 Å². The number of likely N-dealkylation sites (tertiary alicyclic amines) is 1. The lowest BCUT2D eigenvalue weighted by Gasteiger charge is -2.18. The summed E-state index contributed by atoms with van der Waals surface area (Å²) in [6.45, 7) is 5.76. The third-order valence-corrected chi connectivity index (χ3v) is 6.00. The number of sulfonamides is 1. The number of nitrogens with one attached hydrogen (secondary N) is 1. The molecule has 1 saturated heterocycles. The number of carbonyl (C=O) groups excluding carboxylic acids is 1. The third kappa shape index (κ3) is 4.49. The minimum atomic E-state index is -3.59. The van der Waals surface area contributed by atoms with Gasteiger partial charge in [-0.15, -0.1) is 11.8 Å². The number of hydrogen-bond acceptors (Lipinski definition) is 4. The van der Waals surface area contributed by atoms with Crippen LogP contribution in [-0.4, -0.2) is 45.1 Å². The summed E-state index contributed by atoms with van der Waals surface area (Å²) in [6.07, 6.45) is 3.91. The number of benzene rings is 1. The number of nitrogens with zero attached hydrogens (tertiary/aromatic N) is 1. The molecular weight excluding hydrogens is 332 g/mol. The molecule has 0 bridgehead atoms. The van der Waals surface area contributed by atoms with Gasteiger partial charge in [0, 0.05) is 24.5 Å². The van der Waals surface area contributed by atoms with Crippen LogP contribution < -0.4 is 4.72 Å². The highest BCUT2D eigenvalue weighted by Crippen LogP contribution is 2.26. The molecule has 1 aliphatic heterocycles. The third-order valence-electron chi connectivity index (χ3n) is 3.79. The van der Waals surface area contributed by atoms with E-state index in [2.05, 4.69) is 4.72 Å². The molecule has 0 saturated carbocycles. The van der Waals surface area contributed by atoms with Gasteiger partial charge in [0.2, 0.25) is 10.0 Å². The van der Waals surface area contributed by atoms with Crippen molar-refractivity contribution in [3.8, 4) is 0 Å². The summed E-state index contributed by atoms with van der Waals surface area (Å²) in [5, 5.41) is 0. The molecule has 23 heavy (non-hydrogen) atoms. The van der Waals surface area contributed by atoms with E-state index in [1.807, 2.05) is 20.1 Å². The first-order chi connectivity index (χ1) is 10.8. The Morgan fingerprint density at radius 3 is 2.52 bits per heavy atom. The molecule has 1 heterocycles. The monoisotopic (exact) mass is 356 g/mol. The summed E-state index contributed by atoms with van der Waals surface area (Å²) in [7, 11) is -3.59. The van der Waals surface area contributed by atoms with Crippen LogP contribution >= 0.6 is 11.8 Å². The van der Waals surface area contributed by atoms with Crippen LogP contribution in [-0.2, 0) is 10.0 Å². The lowest BCUT2D eigenvalue weighted by atomic mass is 10.2. The Balaban J connectivity index is 2.33. The summed E-state index contributed by atoms with van der Waals surface area (Å²) in [5.74, 6) is 0.147. The van der Waals surface area contributed by atoms with E-state index in [1.54, 1.807) is 17.0 Å². The molecule has 1 aliphatic rings. The zero-order valence-electron chi connectivity index (χ0n) is 13.8. The molecule has 0 spiro atoms. The first-order valence-corrected chi connectivity index (χ1v) is 10.5. The molecule has 128 valence electrons. The maximum atomic E-state index is 12.7. The number of rotatable bonds is 6. The second-order valence-electron chi connectivity index (χ2n) is 6.11. The average Bonchev–Trinajstić information content (AvgIpc) is 3.06. The van der Waals surface area contributed by atoms with Crippen LogP contribution in [0, 0.1) is 5.92 Å². The fourth-order valence-electron chi connectivity index (χ4n) is 2.47. The van der Waals surface area contributed by atoms with E-state index in [-0.39, 0.29) is 16.7 Å². The molecule has 0 unspecified atom stereocenters. The number of carbonyl (C=O) groups is 1. The molecule has 0 aromatic heterocycles. The van der Waals surface area contributed by atoms with Gasteiger partial charge in [-0.1, -0.05) is 13.8 Å². The number of thioether (sulfide) groups is 1. The topological polar surface area (TPSA) is 66.5 Å². The lowest BCUT2D eigenvalue weighted by Crippen LogP contribution is -2.30. The van der Waals surface area contributed by atoms with E-state index in [9.17, 15) is 13.2 Å². The van der Waals surface area contributed by atoms with Crippen molar-refractivity contribution in [3.63, 3.8) is 0 Å². The summed E-state index contributed by atoms with van der Waals surface area (Å²) in [5.41, 5.74) is 0.479. The molecule has 5 nitrogen and oxygen atoms in total. The van der Waals surface area contributed by atoms with Crippen molar-refractivity contribution >= 4 is 27.7 Å². The quantitative estimate of drug-likeness (QED) is 0.796. The van der Waals surface area contributed by atoms with Gasteiger partial charge in [0.1, 0.15) is 0 Å². The van der Waals surface area contributed by atoms with Crippen LogP contribution in [0.2, 0.25) is 0 Å². The zero-order chi connectivity index (χ0) is 17.0. The molecule has 7 heteroatoms. The predicted octanol–water partition coefficient (Wildman–Crippen LogP) is 2.58. The molecular formula is C16H24N2O3S2. The summed E-state index contributed by atoms with van der Waals surface area (Å²) in [6, 6.07) is 4.79. The van der Waals surface area contributed by atoms with Gasteiger partial charge < -0.3 is 4.90 Å². The molecule has 1 N–H and O–H groups in total. The number of amides is 1. The van der Waals surface area contributed by atoms with Gasteiger partial charge in [-0.05, 0) is 43.2 Å². The molecule has 1 amide bonds. The van der Waals surface area contributed by atoms with Crippen LogP contribution in [0.4, 0.5) is 0 Å².